The molecule has 2 N–H and O–H groups in total. The van der Waals surface area contributed by atoms with Gasteiger partial charge in [-0.3, -0.25) is 4.79 Å². The average Bonchev–Trinajstić information content (AvgIpc) is 3.11. The van der Waals surface area contributed by atoms with Crippen molar-refractivity contribution in [1.29, 1.82) is 10.5 Å². The van der Waals surface area contributed by atoms with Gasteiger partial charge in [0.2, 0.25) is 5.78 Å². The van der Waals surface area contributed by atoms with Crippen molar-refractivity contribution >= 4 is 28.1 Å². The minimum absolute atomic E-state index is 0.0901. The molecule has 0 atom stereocenters. The number of nitrogens with zero attached hydrogens (tertiary/aromatic N) is 3. The number of Topliss-reactive ketones (excluding diaryl/α,β-unsaturated/α-hetero) is 1. The van der Waals surface area contributed by atoms with Gasteiger partial charge in [0.15, 0.2) is 5.75 Å². The van der Waals surface area contributed by atoms with Crippen LogP contribution in [0.5, 0.6) is 5.75 Å². The molecule has 0 spiro atoms. The molecule has 112 valence electrons. The monoisotopic (exact) mass is 312 g/mol. The molecule has 0 bridgehead atoms. The van der Waals surface area contributed by atoms with Crippen LogP contribution in [0.25, 0.3) is 10.9 Å². The lowest BCUT2D eigenvalue weighted by Gasteiger charge is -1.97. The fraction of sp³-hybridized carbons (Fsp3) is 0. The highest BCUT2D eigenvalue weighted by Gasteiger charge is 2.29. The summed E-state index contributed by atoms with van der Waals surface area (Å²) in [7, 11) is 0. The van der Waals surface area contributed by atoms with Gasteiger partial charge in [-0.05, 0) is 36.4 Å². The Kier molecular flexibility index (Phi) is 2.75. The number of ketones is 1. The largest absolute Gasteiger partial charge is 0.505 e. The molecular weight excluding hydrogens is 304 g/mol. The van der Waals surface area contributed by atoms with E-state index in [1.807, 2.05) is 12.1 Å². The molecule has 0 fully saturated rings. The molecule has 6 nitrogen and oxygen atoms in total. The molecule has 1 aliphatic rings. The lowest BCUT2D eigenvalue weighted by molar-refractivity contribution is 0.106. The van der Waals surface area contributed by atoms with E-state index >= 15 is 0 Å². The van der Waals surface area contributed by atoms with Gasteiger partial charge in [0.25, 0.3) is 0 Å². The van der Waals surface area contributed by atoms with Crippen molar-refractivity contribution in [2.75, 3.05) is 0 Å². The van der Waals surface area contributed by atoms with Gasteiger partial charge in [0.05, 0.1) is 34.5 Å². The van der Waals surface area contributed by atoms with Crippen LogP contribution in [0, 0.1) is 22.7 Å². The molecule has 0 unspecified atom stereocenters. The van der Waals surface area contributed by atoms with E-state index in [2.05, 4.69) is 9.98 Å². The van der Waals surface area contributed by atoms with E-state index < -0.39 is 0 Å². The van der Waals surface area contributed by atoms with Crippen molar-refractivity contribution < 1.29 is 9.90 Å². The molecular formula is C18H8N4O2. The molecule has 0 amide bonds. The molecule has 0 saturated heterocycles. The smallest absolute Gasteiger partial charge is 0.215 e. The molecule has 0 radical (unpaired) electrons. The molecule has 2 heterocycles. The van der Waals surface area contributed by atoms with E-state index in [9.17, 15) is 9.90 Å². The second kappa shape index (κ2) is 4.80. The summed E-state index contributed by atoms with van der Waals surface area (Å²) < 4.78 is 0. The number of aliphatic imine (C=N–C) groups is 1. The number of H-pyrrole nitrogens is 1. The molecule has 2 aromatic carbocycles. The number of carbonyl (C=O) groups excluding carboxylic acids is 1. The fourth-order valence-corrected chi connectivity index (χ4v) is 2.77. The first-order chi connectivity index (χ1) is 11.6. The number of aromatic hydroxyl groups is 1. The van der Waals surface area contributed by atoms with Crippen molar-refractivity contribution in [3.05, 3.63) is 58.8 Å². The lowest BCUT2D eigenvalue weighted by atomic mass is 10.0. The van der Waals surface area contributed by atoms with E-state index in [1.54, 1.807) is 30.3 Å². The quantitative estimate of drug-likeness (QED) is 0.719. The number of hydrogen-bond acceptors (Lipinski definition) is 5. The van der Waals surface area contributed by atoms with Crippen LogP contribution in [0.3, 0.4) is 0 Å². The number of fused-ring (bicyclic) bond motifs is 2. The number of nitrogens with one attached hydrogen (secondary N) is 1. The van der Waals surface area contributed by atoms with Gasteiger partial charge in [-0.2, -0.15) is 10.5 Å². The summed E-state index contributed by atoms with van der Waals surface area (Å²) in [6, 6.07) is 13.5. The molecule has 3 aromatic rings. The van der Waals surface area contributed by atoms with Crippen LogP contribution in [0.15, 0.2) is 41.4 Å². The maximum atomic E-state index is 12.6. The molecule has 0 saturated carbocycles. The standard InChI is InChI=1S/C18H8N4O2/c19-7-9-1-3-13-11(5-9)17(23)15(21-13)16-18(24)12-6-10(8-20)2-4-14(12)22-16/h1-6,21,23H. The van der Waals surface area contributed by atoms with Crippen LogP contribution < -0.4 is 0 Å². The molecule has 6 heteroatoms. The van der Waals surface area contributed by atoms with Crippen molar-refractivity contribution in [2.45, 2.75) is 0 Å². The van der Waals surface area contributed by atoms with Crippen molar-refractivity contribution in [2.24, 2.45) is 4.99 Å². The number of rotatable bonds is 1. The molecule has 0 aliphatic carbocycles. The van der Waals surface area contributed by atoms with Crippen LogP contribution in [-0.2, 0) is 0 Å². The predicted octanol–water partition coefficient (Wildman–Crippen LogP) is 2.93. The van der Waals surface area contributed by atoms with Gasteiger partial charge in [-0.1, -0.05) is 0 Å². The van der Waals surface area contributed by atoms with E-state index in [0.29, 0.717) is 33.3 Å². The maximum Gasteiger partial charge on any atom is 0.215 e. The topological polar surface area (TPSA) is 113 Å². The summed E-state index contributed by atoms with van der Waals surface area (Å²) in [6.45, 7) is 0. The Hall–Kier alpha value is -3.90. The molecule has 1 aromatic heterocycles. The first-order valence-electron chi connectivity index (χ1n) is 7.05. The SMILES string of the molecule is N#Cc1ccc2c(c1)C(=O)C(c1[nH]c3ccc(C#N)cc3c1O)=N2. The number of hydrogen-bond donors (Lipinski definition) is 2. The van der Waals surface area contributed by atoms with Crippen molar-refractivity contribution in [1.82, 2.24) is 4.98 Å². The summed E-state index contributed by atoms with van der Waals surface area (Å²) in [6.07, 6.45) is 0. The Morgan fingerprint density at radius 3 is 2.50 bits per heavy atom. The minimum Gasteiger partial charge on any atom is -0.505 e. The first kappa shape index (κ1) is 13.7. The van der Waals surface area contributed by atoms with E-state index in [1.165, 1.54) is 6.07 Å². The highest BCUT2D eigenvalue weighted by atomic mass is 16.3. The Labute approximate surface area is 135 Å². The number of benzene rings is 2. The summed E-state index contributed by atoms with van der Waals surface area (Å²) in [5.74, 6) is -0.480. The van der Waals surface area contributed by atoms with Crippen LogP contribution >= 0.6 is 0 Å². The molecule has 24 heavy (non-hydrogen) atoms. The van der Waals surface area contributed by atoms with Gasteiger partial charge >= 0.3 is 0 Å². The summed E-state index contributed by atoms with van der Waals surface area (Å²) in [5.41, 5.74) is 2.48. The lowest BCUT2D eigenvalue weighted by Crippen LogP contribution is -2.11. The van der Waals surface area contributed by atoms with E-state index in [4.69, 9.17) is 10.5 Å². The third-order valence-corrected chi connectivity index (χ3v) is 3.95. The minimum atomic E-state index is -0.357. The second-order valence-corrected chi connectivity index (χ2v) is 5.35. The highest BCUT2D eigenvalue weighted by molar-refractivity contribution is 6.55. The van der Waals surface area contributed by atoms with Gasteiger partial charge in [-0.25, -0.2) is 4.99 Å². The van der Waals surface area contributed by atoms with Gasteiger partial charge in [0, 0.05) is 10.9 Å². The van der Waals surface area contributed by atoms with Gasteiger partial charge in [0.1, 0.15) is 11.4 Å². The van der Waals surface area contributed by atoms with Crippen LogP contribution in [-0.4, -0.2) is 21.6 Å². The third kappa shape index (κ3) is 1.81. The average molecular weight is 312 g/mol. The van der Waals surface area contributed by atoms with E-state index in [0.717, 1.165) is 0 Å². The zero-order valence-electron chi connectivity index (χ0n) is 12.2. The zero-order valence-corrected chi connectivity index (χ0v) is 12.2. The van der Waals surface area contributed by atoms with Crippen LogP contribution in [0.1, 0.15) is 27.2 Å². The summed E-state index contributed by atoms with van der Waals surface area (Å²) in [4.78, 5) is 19.8. The van der Waals surface area contributed by atoms with Crippen molar-refractivity contribution in [3.63, 3.8) is 0 Å². The molecule has 1 aliphatic heterocycles. The Balaban J connectivity index is 1.88. The first-order valence-corrected chi connectivity index (χ1v) is 7.05. The third-order valence-electron chi connectivity index (χ3n) is 3.95. The normalized spacial score (nSPS) is 12.6. The molecule has 4 rings (SSSR count). The van der Waals surface area contributed by atoms with Gasteiger partial charge < -0.3 is 10.1 Å². The number of aromatic amines is 1. The van der Waals surface area contributed by atoms with Crippen molar-refractivity contribution in [3.8, 4) is 17.9 Å². The Morgan fingerprint density at radius 2 is 1.75 bits per heavy atom. The van der Waals surface area contributed by atoms with Crippen LogP contribution in [0.4, 0.5) is 5.69 Å². The Bertz CT molecular complexity index is 1160. The van der Waals surface area contributed by atoms with E-state index in [-0.39, 0.29) is 22.9 Å². The number of carbonyl (C=O) groups is 1. The van der Waals surface area contributed by atoms with Gasteiger partial charge in [-0.15, -0.1) is 0 Å². The number of aromatic nitrogens is 1. The highest BCUT2D eigenvalue weighted by Crippen LogP contribution is 2.35. The maximum absolute atomic E-state index is 12.6. The fourth-order valence-electron chi connectivity index (χ4n) is 2.77. The Morgan fingerprint density at radius 1 is 1.04 bits per heavy atom. The summed E-state index contributed by atoms with van der Waals surface area (Å²) >= 11 is 0. The number of nitriles is 2. The zero-order chi connectivity index (χ0) is 16.8. The summed E-state index contributed by atoms with van der Waals surface area (Å²) in [5, 5.41) is 28.8. The second-order valence-electron chi connectivity index (χ2n) is 5.35. The predicted molar refractivity (Wildman–Crippen MR) is 86.4 cm³/mol. The van der Waals surface area contributed by atoms with Crippen LogP contribution in [0.2, 0.25) is 0 Å².